The van der Waals surface area contributed by atoms with Crippen molar-refractivity contribution in [2.75, 3.05) is 7.05 Å². The second-order valence-corrected chi connectivity index (χ2v) is 5.41. The molecule has 1 nitrogen and oxygen atoms in total. The Morgan fingerprint density at radius 2 is 2.00 bits per heavy atom. The van der Waals surface area contributed by atoms with E-state index in [1.807, 2.05) is 0 Å². The van der Waals surface area contributed by atoms with Gasteiger partial charge in [0.15, 0.2) is 0 Å². The summed E-state index contributed by atoms with van der Waals surface area (Å²) in [5.41, 5.74) is 0.681. The average molecular weight is 183 g/mol. The van der Waals surface area contributed by atoms with Gasteiger partial charge in [0.05, 0.1) is 4.99 Å². The van der Waals surface area contributed by atoms with Crippen LogP contribution in [-0.2, 0) is 0 Å². The van der Waals surface area contributed by atoms with Gasteiger partial charge in [-0.15, -0.1) is 0 Å². The van der Waals surface area contributed by atoms with E-state index in [0.29, 0.717) is 16.9 Å². The Morgan fingerprint density at radius 1 is 1.42 bits per heavy atom. The van der Waals surface area contributed by atoms with Crippen LogP contribution in [-0.4, -0.2) is 23.0 Å². The van der Waals surface area contributed by atoms with Gasteiger partial charge in [-0.3, -0.25) is 0 Å². The van der Waals surface area contributed by atoms with Crippen LogP contribution in [0.1, 0.15) is 33.6 Å². The van der Waals surface area contributed by atoms with Gasteiger partial charge in [-0.05, 0) is 18.3 Å². The monoisotopic (exact) mass is 183 g/mol. The molecule has 0 aromatic heterocycles. The maximum atomic E-state index is 5.48. The standard InChI is InChI=1S/C10H17NS/c1-9(2)7-5-6-10(9,3)8(12)11(7)4/h7H,5-6H2,1-4H3. The van der Waals surface area contributed by atoms with E-state index in [1.54, 1.807) is 0 Å². The molecule has 0 radical (unpaired) electrons. The van der Waals surface area contributed by atoms with E-state index >= 15 is 0 Å². The lowest BCUT2D eigenvalue weighted by molar-refractivity contribution is 0.198. The minimum Gasteiger partial charge on any atom is -0.365 e. The summed E-state index contributed by atoms with van der Waals surface area (Å²) in [4.78, 5) is 3.50. The zero-order chi connectivity index (χ0) is 9.15. The summed E-state index contributed by atoms with van der Waals surface area (Å²) in [5.74, 6) is 0. The van der Waals surface area contributed by atoms with E-state index in [2.05, 4.69) is 32.7 Å². The molecule has 0 aromatic rings. The van der Waals surface area contributed by atoms with E-state index in [-0.39, 0.29) is 0 Å². The summed E-state index contributed by atoms with van der Waals surface area (Å²) >= 11 is 5.48. The molecule has 0 aromatic carbocycles. The Balaban J connectivity index is 2.50. The van der Waals surface area contributed by atoms with Crippen molar-refractivity contribution in [3.05, 3.63) is 0 Å². The zero-order valence-corrected chi connectivity index (χ0v) is 9.16. The van der Waals surface area contributed by atoms with Gasteiger partial charge >= 0.3 is 0 Å². The van der Waals surface area contributed by atoms with Gasteiger partial charge in [-0.1, -0.05) is 33.0 Å². The molecule has 68 valence electrons. The van der Waals surface area contributed by atoms with Crippen LogP contribution in [0.2, 0.25) is 0 Å². The third-order valence-corrected chi connectivity index (χ3v) is 5.17. The highest BCUT2D eigenvalue weighted by atomic mass is 32.1. The Hall–Kier alpha value is -0.110. The molecular weight excluding hydrogens is 166 g/mol. The largest absolute Gasteiger partial charge is 0.365 e. The Labute approximate surface area is 80.1 Å². The van der Waals surface area contributed by atoms with E-state index in [9.17, 15) is 0 Å². The number of fused-ring (bicyclic) bond motifs is 2. The minimum absolute atomic E-state index is 0.293. The van der Waals surface area contributed by atoms with Crippen LogP contribution in [0.3, 0.4) is 0 Å². The maximum Gasteiger partial charge on any atom is 0.0845 e. The molecule has 2 atom stereocenters. The molecule has 2 heteroatoms. The first kappa shape index (κ1) is 8.49. The average Bonchev–Trinajstić information content (AvgIpc) is 2.26. The van der Waals surface area contributed by atoms with Crippen LogP contribution in [0.4, 0.5) is 0 Å². The van der Waals surface area contributed by atoms with E-state index in [0.717, 1.165) is 0 Å². The smallest absolute Gasteiger partial charge is 0.0845 e. The highest BCUT2D eigenvalue weighted by Crippen LogP contribution is 2.60. The second-order valence-electron chi connectivity index (χ2n) is 5.02. The van der Waals surface area contributed by atoms with Crippen molar-refractivity contribution in [2.24, 2.45) is 10.8 Å². The molecule has 2 bridgehead atoms. The summed E-state index contributed by atoms with van der Waals surface area (Å²) in [6.07, 6.45) is 2.61. The van der Waals surface area contributed by atoms with Gasteiger partial charge < -0.3 is 4.90 Å². The van der Waals surface area contributed by atoms with Crippen molar-refractivity contribution < 1.29 is 0 Å². The van der Waals surface area contributed by atoms with Crippen LogP contribution in [0.15, 0.2) is 0 Å². The molecule has 0 N–H and O–H groups in total. The molecule has 1 heterocycles. The fourth-order valence-corrected chi connectivity index (χ4v) is 3.56. The molecule has 0 spiro atoms. The summed E-state index contributed by atoms with van der Waals surface area (Å²) in [6, 6.07) is 0.690. The number of nitrogens with zero attached hydrogens (tertiary/aromatic N) is 1. The lowest BCUT2D eigenvalue weighted by Gasteiger charge is -2.32. The van der Waals surface area contributed by atoms with E-state index < -0.39 is 0 Å². The van der Waals surface area contributed by atoms with Gasteiger partial charge in [0.25, 0.3) is 0 Å². The Bertz CT molecular complexity index is 246. The third-order valence-electron chi connectivity index (χ3n) is 4.43. The number of hydrogen-bond acceptors (Lipinski definition) is 1. The van der Waals surface area contributed by atoms with Crippen LogP contribution < -0.4 is 0 Å². The number of likely N-dealkylation sites (tertiary alicyclic amines) is 1. The molecule has 0 amide bonds. The van der Waals surface area contributed by atoms with Crippen molar-refractivity contribution in [3.63, 3.8) is 0 Å². The number of rotatable bonds is 0. The third kappa shape index (κ3) is 0.642. The molecule has 2 unspecified atom stereocenters. The molecule has 12 heavy (non-hydrogen) atoms. The predicted octanol–water partition coefficient (Wildman–Crippen LogP) is 2.45. The summed E-state index contributed by atoms with van der Waals surface area (Å²) < 4.78 is 0. The summed E-state index contributed by atoms with van der Waals surface area (Å²) in [6.45, 7) is 7.06. The number of hydrogen-bond donors (Lipinski definition) is 0. The molecule has 1 saturated heterocycles. The topological polar surface area (TPSA) is 3.24 Å². The fraction of sp³-hybridized carbons (Fsp3) is 0.900. The molecule has 1 saturated carbocycles. The Kier molecular flexibility index (Phi) is 1.44. The molecule has 1 aliphatic heterocycles. The quantitative estimate of drug-likeness (QED) is 0.531. The number of piperidine rings is 1. The lowest BCUT2D eigenvalue weighted by atomic mass is 9.71. The van der Waals surface area contributed by atoms with Crippen LogP contribution in [0, 0.1) is 10.8 Å². The van der Waals surface area contributed by atoms with Crippen molar-refractivity contribution in [3.8, 4) is 0 Å². The van der Waals surface area contributed by atoms with Crippen molar-refractivity contribution in [1.82, 2.24) is 4.90 Å². The molecule has 2 fully saturated rings. The van der Waals surface area contributed by atoms with E-state index in [4.69, 9.17) is 12.2 Å². The molecular formula is C10H17NS. The van der Waals surface area contributed by atoms with Crippen LogP contribution >= 0.6 is 12.2 Å². The maximum absolute atomic E-state index is 5.48. The Morgan fingerprint density at radius 3 is 2.25 bits per heavy atom. The molecule has 2 aliphatic rings. The van der Waals surface area contributed by atoms with Gasteiger partial charge in [0, 0.05) is 18.5 Å². The second kappa shape index (κ2) is 2.03. The summed E-state index contributed by atoms with van der Waals surface area (Å²) in [7, 11) is 2.15. The van der Waals surface area contributed by atoms with Crippen LogP contribution in [0.5, 0.6) is 0 Å². The van der Waals surface area contributed by atoms with Crippen molar-refractivity contribution >= 4 is 17.2 Å². The first-order chi connectivity index (χ1) is 5.41. The first-order valence-corrected chi connectivity index (χ1v) is 5.09. The van der Waals surface area contributed by atoms with E-state index in [1.165, 1.54) is 17.8 Å². The minimum atomic E-state index is 0.293. The predicted molar refractivity (Wildman–Crippen MR) is 55.3 cm³/mol. The van der Waals surface area contributed by atoms with Gasteiger partial charge in [-0.25, -0.2) is 0 Å². The SMILES string of the molecule is CN1C(=S)C2(C)CCC1C2(C)C. The first-order valence-electron chi connectivity index (χ1n) is 4.68. The molecule has 2 rings (SSSR count). The summed E-state index contributed by atoms with van der Waals surface area (Å²) in [5, 5.41) is 0. The highest BCUT2D eigenvalue weighted by Gasteiger charge is 2.62. The number of thiocarbonyl (C=S) groups is 1. The fourth-order valence-electron chi connectivity index (χ4n) is 3.07. The van der Waals surface area contributed by atoms with Crippen LogP contribution in [0.25, 0.3) is 0 Å². The van der Waals surface area contributed by atoms with Crippen molar-refractivity contribution in [1.29, 1.82) is 0 Å². The normalized spacial score (nSPS) is 44.2. The molecule has 1 aliphatic carbocycles. The van der Waals surface area contributed by atoms with Crippen molar-refractivity contribution in [2.45, 2.75) is 39.7 Å². The van der Waals surface area contributed by atoms with Gasteiger partial charge in [0.1, 0.15) is 0 Å². The highest BCUT2D eigenvalue weighted by molar-refractivity contribution is 7.80. The lowest BCUT2D eigenvalue weighted by Crippen LogP contribution is -2.35. The van der Waals surface area contributed by atoms with Gasteiger partial charge in [-0.2, -0.15) is 0 Å². The zero-order valence-electron chi connectivity index (χ0n) is 8.35. The van der Waals surface area contributed by atoms with Gasteiger partial charge in [0.2, 0.25) is 0 Å².